The summed E-state index contributed by atoms with van der Waals surface area (Å²) in [5.41, 5.74) is 1.23. The number of amides is 1. The zero-order chi connectivity index (χ0) is 13.8. The molecular weight excluding hydrogens is 254 g/mol. The zero-order valence-electron chi connectivity index (χ0n) is 11.8. The van der Waals surface area contributed by atoms with Gasteiger partial charge >= 0.3 is 0 Å². The second kappa shape index (κ2) is 6.16. The van der Waals surface area contributed by atoms with E-state index in [9.17, 15) is 4.79 Å². The van der Waals surface area contributed by atoms with Gasteiger partial charge in [0.1, 0.15) is 11.5 Å². The monoisotopic (exact) mass is 275 g/mol. The van der Waals surface area contributed by atoms with Gasteiger partial charge in [-0.3, -0.25) is 4.79 Å². The zero-order valence-corrected chi connectivity index (χ0v) is 11.8. The maximum Gasteiger partial charge on any atom is 0.260 e. The fourth-order valence-electron chi connectivity index (χ4n) is 2.79. The smallest absolute Gasteiger partial charge is 0.260 e. The third kappa shape index (κ3) is 3.06. The number of ether oxygens (including phenoxy) is 2. The Bertz CT molecular complexity index is 481. The van der Waals surface area contributed by atoms with Crippen molar-refractivity contribution in [2.75, 3.05) is 26.3 Å². The molecule has 2 heterocycles. The molecule has 0 aromatic heterocycles. The minimum Gasteiger partial charge on any atom is -0.493 e. The van der Waals surface area contributed by atoms with E-state index in [4.69, 9.17) is 9.47 Å². The first kappa shape index (κ1) is 13.3. The molecule has 1 amide bonds. The molecule has 3 rings (SSSR count). The van der Waals surface area contributed by atoms with E-state index in [-0.39, 0.29) is 12.5 Å². The van der Waals surface area contributed by atoms with Crippen LogP contribution in [0.25, 0.3) is 0 Å². The van der Waals surface area contributed by atoms with E-state index in [0.717, 1.165) is 56.9 Å². The van der Waals surface area contributed by atoms with Crippen LogP contribution in [0.4, 0.5) is 0 Å². The van der Waals surface area contributed by atoms with Crippen LogP contribution in [-0.4, -0.2) is 37.1 Å². The summed E-state index contributed by atoms with van der Waals surface area (Å²) >= 11 is 0. The number of hydrogen-bond acceptors (Lipinski definition) is 3. The van der Waals surface area contributed by atoms with Gasteiger partial charge < -0.3 is 14.4 Å². The van der Waals surface area contributed by atoms with Gasteiger partial charge in [0.2, 0.25) is 0 Å². The van der Waals surface area contributed by atoms with Gasteiger partial charge in [0, 0.05) is 19.2 Å². The van der Waals surface area contributed by atoms with E-state index < -0.39 is 0 Å². The number of carbonyl (C=O) groups excluding carboxylic acids is 1. The Morgan fingerprint density at radius 2 is 2.05 bits per heavy atom. The summed E-state index contributed by atoms with van der Waals surface area (Å²) in [5.74, 6) is 1.71. The Hall–Kier alpha value is -1.71. The van der Waals surface area contributed by atoms with Crippen molar-refractivity contribution in [2.24, 2.45) is 0 Å². The summed E-state index contributed by atoms with van der Waals surface area (Å²) in [7, 11) is 0. The van der Waals surface area contributed by atoms with Crippen molar-refractivity contribution in [1.82, 2.24) is 4.90 Å². The van der Waals surface area contributed by atoms with Crippen LogP contribution in [0.15, 0.2) is 18.2 Å². The fraction of sp³-hybridized carbons (Fsp3) is 0.562. The first-order chi connectivity index (χ1) is 9.83. The predicted molar refractivity (Wildman–Crippen MR) is 76.2 cm³/mol. The lowest BCUT2D eigenvalue weighted by molar-refractivity contribution is -0.134. The lowest BCUT2D eigenvalue weighted by atomic mass is 10.1. The van der Waals surface area contributed by atoms with Gasteiger partial charge in [-0.25, -0.2) is 0 Å². The lowest BCUT2D eigenvalue weighted by Crippen LogP contribution is -2.38. The van der Waals surface area contributed by atoms with Crippen molar-refractivity contribution in [1.29, 1.82) is 0 Å². The summed E-state index contributed by atoms with van der Waals surface area (Å²) in [6.45, 7) is 2.63. The second-order valence-corrected chi connectivity index (χ2v) is 5.45. The summed E-state index contributed by atoms with van der Waals surface area (Å²) in [4.78, 5) is 13.9. The molecule has 4 heteroatoms. The van der Waals surface area contributed by atoms with Gasteiger partial charge in [0.25, 0.3) is 5.91 Å². The highest BCUT2D eigenvalue weighted by Gasteiger charge is 2.17. The average Bonchev–Trinajstić information content (AvgIpc) is 2.53. The van der Waals surface area contributed by atoms with Crippen LogP contribution in [0.1, 0.15) is 31.2 Å². The van der Waals surface area contributed by atoms with Crippen LogP contribution in [0.2, 0.25) is 0 Å². The number of rotatable bonds is 3. The van der Waals surface area contributed by atoms with Crippen molar-refractivity contribution in [3.05, 3.63) is 23.8 Å². The van der Waals surface area contributed by atoms with E-state index in [2.05, 4.69) is 0 Å². The molecule has 0 radical (unpaired) electrons. The van der Waals surface area contributed by atoms with Crippen molar-refractivity contribution in [2.45, 2.75) is 32.1 Å². The molecule has 2 aliphatic heterocycles. The Balaban J connectivity index is 1.56. The number of benzene rings is 1. The van der Waals surface area contributed by atoms with Crippen molar-refractivity contribution in [3.8, 4) is 11.5 Å². The number of piperidine rings is 1. The van der Waals surface area contributed by atoms with Gasteiger partial charge in [-0.2, -0.15) is 0 Å². The highest BCUT2D eigenvalue weighted by atomic mass is 16.5. The molecule has 1 aromatic carbocycles. The van der Waals surface area contributed by atoms with Crippen LogP contribution >= 0.6 is 0 Å². The van der Waals surface area contributed by atoms with Crippen LogP contribution in [0.5, 0.6) is 11.5 Å². The molecule has 0 atom stereocenters. The molecule has 0 unspecified atom stereocenters. The highest BCUT2D eigenvalue weighted by Crippen LogP contribution is 2.29. The number of likely N-dealkylation sites (tertiary alicyclic amines) is 1. The molecule has 108 valence electrons. The molecule has 4 nitrogen and oxygen atoms in total. The van der Waals surface area contributed by atoms with Gasteiger partial charge in [-0.1, -0.05) is 6.07 Å². The van der Waals surface area contributed by atoms with Crippen LogP contribution in [-0.2, 0) is 11.2 Å². The van der Waals surface area contributed by atoms with Crippen molar-refractivity contribution >= 4 is 5.91 Å². The SMILES string of the molecule is O=C(COc1ccc2c(c1)OCCC2)N1CCCCC1. The minimum absolute atomic E-state index is 0.0864. The standard InChI is InChI=1S/C16H21NO3/c18-16(17-8-2-1-3-9-17)12-20-14-7-6-13-5-4-10-19-15(13)11-14/h6-7,11H,1-5,8-10,12H2. The lowest BCUT2D eigenvalue weighted by Gasteiger charge is -2.26. The average molecular weight is 275 g/mol. The molecule has 0 aliphatic carbocycles. The Kier molecular flexibility index (Phi) is 4.09. The summed E-state index contributed by atoms with van der Waals surface area (Å²) in [6, 6.07) is 5.87. The van der Waals surface area contributed by atoms with Crippen LogP contribution in [0.3, 0.4) is 0 Å². The van der Waals surface area contributed by atoms with Gasteiger partial charge in [0.15, 0.2) is 6.61 Å². The first-order valence-electron chi connectivity index (χ1n) is 7.49. The van der Waals surface area contributed by atoms with Crippen molar-refractivity contribution < 1.29 is 14.3 Å². The van der Waals surface area contributed by atoms with E-state index >= 15 is 0 Å². The maximum atomic E-state index is 12.0. The largest absolute Gasteiger partial charge is 0.493 e. The third-order valence-corrected chi connectivity index (χ3v) is 3.96. The quantitative estimate of drug-likeness (QED) is 0.850. The number of nitrogens with zero attached hydrogens (tertiary/aromatic N) is 1. The number of hydrogen-bond donors (Lipinski definition) is 0. The predicted octanol–water partition coefficient (Wildman–Crippen LogP) is 2.40. The summed E-state index contributed by atoms with van der Waals surface area (Å²) in [6.07, 6.45) is 5.58. The summed E-state index contributed by atoms with van der Waals surface area (Å²) in [5, 5.41) is 0. The molecule has 0 saturated carbocycles. The minimum atomic E-state index is 0.0864. The normalized spacial score (nSPS) is 18.1. The van der Waals surface area contributed by atoms with E-state index in [1.807, 2.05) is 23.1 Å². The number of carbonyl (C=O) groups is 1. The van der Waals surface area contributed by atoms with Crippen LogP contribution < -0.4 is 9.47 Å². The van der Waals surface area contributed by atoms with Gasteiger partial charge in [-0.15, -0.1) is 0 Å². The number of aryl methyl sites for hydroxylation is 1. The molecule has 1 fully saturated rings. The first-order valence-corrected chi connectivity index (χ1v) is 7.49. The highest BCUT2D eigenvalue weighted by molar-refractivity contribution is 5.77. The van der Waals surface area contributed by atoms with E-state index in [1.165, 1.54) is 12.0 Å². The van der Waals surface area contributed by atoms with E-state index in [1.54, 1.807) is 0 Å². The molecular formula is C16H21NO3. The molecule has 0 spiro atoms. The Labute approximate surface area is 119 Å². The molecule has 1 saturated heterocycles. The molecule has 0 bridgehead atoms. The Morgan fingerprint density at radius 1 is 1.20 bits per heavy atom. The van der Waals surface area contributed by atoms with Crippen molar-refractivity contribution in [3.63, 3.8) is 0 Å². The number of fused-ring (bicyclic) bond motifs is 1. The summed E-state index contributed by atoms with van der Waals surface area (Å²) < 4.78 is 11.2. The Morgan fingerprint density at radius 3 is 2.90 bits per heavy atom. The molecule has 20 heavy (non-hydrogen) atoms. The van der Waals surface area contributed by atoms with Gasteiger partial charge in [-0.05, 0) is 43.7 Å². The molecule has 0 N–H and O–H groups in total. The third-order valence-electron chi connectivity index (χ3n) is 3.96. The fourth-order valence-corrected chi connectivity index (χ4v) is 2.79. The second-order valence-electron chi connectivity index (χ2n) is 5.45. The molecule has 2 aliphatic rings. The molecule has 1 aromatic rings. The van der Waals surface area contributed by atoms with E-state index in [0.29, 0.717) is 0 Å². The maximum absolute atomic E-state index is 12.0. The topological polar surface area (TPSA) is 38.8 Å². The van der Waals surface area contributed by atoms with Gasteiger partial charge in [0.05, 0.1) is 6.61 Å². The van der Waals surface area contributed by atoms with Crippen LogP contribution in [0, 0.1) is 0 Å².